The van der Waals surface area contributed by atoms with Crippen LogP contribution in [0, 0.1) is 0 Å². The summed E-state index contributed by atoms with van der Waals surface area (Å²) in [5.74, 6) is -1.88. The van der Waals surface area contributed by atoms with Crippen LogP contribution in [0.3, 0.4) is 0 Å². The summed E-state index contributed by atoms with van der Waals surface area (Å²) in [6.07, 6.45) is 6.91. The van der Waals surface area contributed by atoms with Gasteiger partial charge in [0.05, 0.1) is 7.11 Å². The van der Waals surface area contributed by atoms with Crippen molar-refractivity contribution in [2.45, 2.75) is 50.4 Å². The Morgan fingerprint density at radius 3 is 2.18 bits per heavy atom. The molecular formula is C26H32ClN5O6. The maximum atomic E-state index is 12.9. The summed E-state index contributed by atoms with van der Waals surface area (Å²) in [7, 11) is 5.22. The second-order valence-corrected chi connectivity index (χ2v) is 9.76. The van der Waals surface area contributed by atoms with Gasteiger partial charge in [-0.1, -0.05) is 23.7 Å². The fourth-order valence-electron chi connectivity index (χ4n) is 4.74. The van der Waals surface area contributed by atoms with Crippen molar-refractivity contribution < 1.29 is 29.3 Å². The molecule has 3 N–H and O–H groups in total. The van der Waals surface area contributed by atoms with Gasteiger partial charge in [-0.2, -0.15) is 4.98 Å². The number of amides is 1. The van der Waals surface area contributed by atoms with Gasteiger partial charge in [0.15, 0.2) is 0 Å². The number of rotatable bonds is 8. The van der Waals surface area contributed by atoms with Crippen LogP contribution in [0.15, 0.2) is 42.6 Å². The highest BCUT2D eigenvalue weighted by atomic mass is 35.5. The highest BCUT2D eigenvalue weighted by molar-refractivity contribution is 6.30. The molecule has 12 heteroatoms. The number of aromatic nitrogens is 2. The third kappa shape index (κ3) is 7.90. The molecule has 0 spiro atoms. The van der Waals surface area contributed by atoms with Gasteiger partial charge in [-0.05, 0) is 43.4 Å². The molecule has 0 aliphatic carbocycles. The minimum Gasteiger partial charge on any atom is -0.480 e. The van der Waals surface area contributed by atoms with E-state index >= 15 is 0 Å². The van der Waals surface area contributed by atoms with E-state index in [0.29, 0.717) is 41.6 Å². The third-order valence-corrected chi connectivity index (χ3v) is 6.70. The molecule has 38 heavy (non-hydrogen) atoms. The molecule has 4 rings (SSSR count). The van der Waals surface area contributed by atoms with E-state index in [0.717, 1.165) is 24.4 Å². The number of carbonyl (C=O) groups is 3. The Hall–Kier alpha value is -3.70. The fraction of sp³-hybridized carbons (Fsp3) is 0.423. The Labute approximate surface area is 226 Å². The number of anilines is 1. The molecule has 3 heterocycles. The molecule has 1 aromatic carbocycles. The van der Waals surface area contributed by atoms with E-state index in [9.17, 15) is 14.4 Å². The number of nitrogens with zero attached hydrogens (tertiary/aromatic N) is 4. The molecular weight excluding hydrogens is 514 g/mol. The van der Waals surface area contributed by atoms with Gasteiger partial charge >= 0.3 is 11.9 Å². The maximum Gasteiger partial charge on any atom is 0.328 e. The summed E-state index contributed by atoms with van der Waals surface area (Å²) in [6, 6.07) is 9.21. The van der Waals surface area contributed by atoms with Crippen LogP contribution in [0.5, 0.6) is 5.88 Å². The van der Waals surface area contributed by atoms with Crippen LogP contribution in [-0.2, 0) is 16.1 Å². The van der Waals surface area contributed by atoms with Crippen molar-refractivity contribution in [3.63, 3.8) is 0 Å². The first-order chi connectivity index (χ1) is 18.1. The second kappa shape index (κ2) is 13.2. The van der Waals surface area contributed by atoms with Crippen LogP contribution in [0.2, 0.25) is 5.02 Å². The first-order valence-corrected chi connectivity index (χ1v) is 12.5. The lowest BCUT2D eigenvalue weighted by Crippen LogP contribution is -2.50. The fourth-order valence-corrected chi connectivity index (χ4v) is 4.87. The van der Waals surface area contributed by atoms with E-state index in [-0.39, 0.29) is 11.9 Å². The molecule has 11 nitrogen and oxygen atoms in total. The topological polar surface area (TPSA) is 145 Å². The lowest BCUT2D eigenvalue weighted by Gasteiger charge is -2.39. The first kappa shape index (κ1) is 28.9. The third-order valence-electron chi connectivity index (χ3n) is 6.45. The smallest absolute Gasteiger partial charge is 0.328 e. The molecule has 204 valence electrons. The summed E-state index contributed by atoms with van der Waals surface area (Å²) in [5, 5.41) is 19.6. The van der Waals surface area contributed by atoms with Crippen molar-refractivity contribution in [2.75, 3.05) is 26.1 Å². The Kier molecular flexibility index (Phi) is 10.0. The van der Waals surface area contributed by atoms with E-state index in [2.05, 4.69) is 32.3 Å². The van der Waals surface area contributed by atoms with E-state index in [1.807, 2.05) is 26.2 Å². The zero-order valence-electron chi connectivity index (χ0n) is 21.5. The molecule has 2 fully saturated rings. The summed E-state index contributed by atoms with van der Waals surface area (Å²) in [5.41, 5.74) is 1.65. The van der Waals surface area contributed by atoms with Gasteiger partial charge in [0.1, 0.15) is 5.56 Å². The van der Waals surface area contributed by atoms with Crippen molar-refractivity contribution in [1.29, 1.82) is 0 Å². The number of hydrogen-bond donors (Lipinski definition) is 3. The van der Waals surface area contributed by atoms with Crippen LogP contribution >= 0.6 is 11.6 Å². The van der Waals surface area contributed by atoms with Crippen LogP contribution in [0.1, 0.15) is 41.6 Å². The van der Waals surface area contributed by atoms with Gasteiger partial charge in [-0.25, -0.2) is 14.6 Å². The number of benzene rings is 1. The Morgan fingerprint density at radius 2 is 1.68 bits per heavy atom. The second-order valence-electron chi connectivity index (χ2n) is 9.32. The lowest BCUT2D eigenvalue weighted by atomic mass is 9.96. The van der Waals surface area contributed by atoms with Crippen molar-refractivity contribution in [2.24, 2.45) is 0 Å². The molecule has 2 aromatic rings. The zero-order valence-corrected chi connectivity index (χ0v) is 22.3. The summed E-state index contributed by atoms with van der Waals surface area (Å²) < 4.78 is 5.34. The number of piperidine rings is 1. The number of aliphatic carboxylic acids is 2. The normalized spacial score (nSPS) is 20.4. The number of methoxy groups -OCH3 is 1. The molecule has 1 amide bonds. The molecule has 2 bridgehead atoms. The Balaban J connectivity index is 0.000000436. The van der Waals surface area contributed by atoms with Crippen molar-refractivity contribution in [3.05, 3.63) is 58.8 Å². The summed E-state index contributed by atoms with van der Waals surface area (Å²) in [4.78, 5) is 45.0. The standard InChI is InChI=1S/C22H28ClN5O2.C4H4O4/c1-27(2)22-24-12-19(21(26-22)30-3)20(29)25-16-10-17-8-9-18(11-16)28(17)13-14-4-6-15(23)7-5-14;5-3(6)1-2-4(7)8/h4-7,12,16-18H,8-11,13H2,1-3H3,(H,25,29);1-2H,(H,5,6)(H,7,8)/t16?,17-,18+;. The minimum absolute atomic E-state index is 0.148. The molecule has 2 aliphatic rings. The zero-order chi connectivity index (χ0) is 27.8. The largest absolute Gasteiger partial charge is 0.480 e. The average molecular weight is 546 g/mol. The highest BCUT2D eigenvalue weighted by Gasteiger charge is 2.41. The van der Waals surface area contributed by atoms with Crippen LogP contribution in [0.25, 0.3) is 0 Å². The Morgan fingerprint density at radius 1 is 1.11 bits per heavy atom. The van der Waals surface area contributed by atoms with Gasteiger partial charge in [0.25, 0.3) is 5.91 Å². The number of carboxylic acid groups (broad SMARTS) is 2. The minimum atomic E-state index is -1.26. The molecule has 2 aliphatic heterocycles. The van der Waals surface area contributed by atoms with Gasteiger partial charge in [-0.15, -0.1) is 0 Å². The number of halogens is 1. The van der Waals surface area contributed by atoms with Crippen molar-refractivity contribution >= 4 is 35.4 Å². The number of carboxylic acids is 2. The SMILES string of the molecule is COc1nc(N(C)C)ncc1C(=O)NC1C[C@H]2CC[C@@H](C1)N2Cc1ccc(Cl)cc1.O=C(O)C=CC(=O)O. The highest BCUT2D eigenvalue weighted by Crippen LogP contribution is 2.37. The number of ether oxygens (including phenoxy) is 1. The van der Waals surface area contributed by atoms with Gasteiger partial charge < -0.3 is 25.2 Å². The monoisotopic (exact) mass is 545 g/mol. The first-order valence-electron chi connectivity index (χ1n) is 12.1. The number of carbonyl (C=O) groups excluding carboxylic acids is 1. The van der Waals surface area contributed by atoms with E-state index in [4.69, 9.17) is 26.6 Å². The molecule has 1 aromatic heterocycles. The van der Waals surface area contributed by atoms with Crippen molar-refractivity contribution in [3.8, 4) is 5.88 Å². The number of fused-ring (bicyclic) bond motifs is 2. The Bertz CT molecular complexity index is 1140. The van der Waals surface area contributed by atoms with Gasteiger partial charge in [0, 0.05) is 62.1 Å². The molecule has 0 saturated carbocycles. The predicted molar refractivity (Wildman–Crippen MR) is 142 cm³/mol. The van der Waals surface area contributed by atoms with Crippen LogP contribution in [-0.4, -0.2) is 82.3 Å². The maximum absolute atomic E-state index is 12.9. The molecule has 0 radical (unpaired) electrons. The summed E-state index contributed by atoms with van der Waals surface area (Å²) >= 11 is 6.01. The van der Waals surface area contributed by atoms with E-state index in [1.165, 1.54) is 25.5 Å². The number of hydrogen-bond acceptors (Lipinski definition) is 8. The molecule has 3 atom stereocenters. The number of nitrogens with one attached hydrogen (secondary N) is 1. The van der Waals surface area contributed by atoms with Crippen LogP contribution < -0.4 is 15.0 Å². The summed E-state index contributed by atoms with van der Waals surface area (Å²) in [6.45, 7) is 0.931. The van der Waals surface area contributed by atoms with E-state index < -0.39 is 11.9 Å². The predicted octanol–water partition coefficient (Wildman–Crippen LogP) is 2.84. The van der Waals surface area contributed by atoms with Crippen LogP contribution in [0.4, 0.5) is 5.95 Å². The van der Waals surface area contributed by atoms with E-state index in [1.54, 1.807) is 11.1 Å². The van der Waals surface area contributed by atoms with Gasteiger partial charge in [0.2, 0.25) is 11.8 Å². The lowest BCUT2D eigenvalue weighted by molar-refractivity contribution is -0.134. The van der Waals surface area contributed by atoms with Crippen molar-refractivity contribution in [1.82, 2.24) is 20.2 Å². The van der Waals surface area contributed by atoms with Gasteiger partial charge in [-0.3, -0.25) is 9.69 Å². The average Bonchev–Trinajstić information content (AvgIpc) is 3.10. The molecule has 2 saturated heterocycles. The molecule has 1 unspecified atom stereocenters. The quantitative estimate of drug-likeness (QED) is 0.423.